The van der Waals surface area contributed by atoms with Gasteiger partial charge in [-0.1, -0.05) is 59.7 Å². The molecule has 0 fully saturated rings. The number of hydrogen-bond donors (Lipinski definition) is 1. The summed E-state index contributed by atoms with van der Waals surface area (Å²) in [5.41, 5.74) is 7.41. The standard InChI is InChI=1S/C25H27N3O3S/c1-18-9-12-23(13-10-18)32(30,31)28(24-15-20(3)8-11-21(24)4)17-25(29)27-26-16-22-7-5-6-19(2)14-22/h5-16H,17H2,1-4H3,(H,27,29)/b26-16-. The van der Waals surface area contributed by atoms with Crippen LogP contribution in [0.1, 0.15) is 27.8 Å². The summed E-state index contributed by atoms with van der Waals surface area (Å²) < 4.78 is 28.1. The summed E-state index contributed by atoms with van der Waals surface area (Å²) >= 11 is 0. The predicted octanol–water partition coefficient (Wildman–Crippen LogP) is 4.27. The second-order valence-electron chi connectivity index (χ2n) is 7.82. The van der Waals surface area contributed by atoms with Gasteiger partial charge in [0.15, 0.2) is 0 Å². The van der Waals surface area contributed by atoms with Gasteiger partial charge in [-0.15, -0.1) is 0 Å². The number of hydrogen-bond acceptors (Lipinski definition) is 4. The lowest BCUT2D eigenvalue weighted by molar-refractivity contribution is -0.119. The number of benzene rings is 3. The molecule has 0 bridgehead atoms. The molecule has 0 aromatic heterocycles. The summed E-state index contributed by atoms with van der Waals surface area (Å²) in [6.07, 6.45) is 1.53. The van der Waals surface area contributed by atoms with Crippen LogP contribution in [0.3, 0.4) is 0 Å². The molecule has 0 saturated carbocycles. The number of anilines is 1. The summed E-state index contributed by atoms with van der Waals surface area (Å²) in [6, 6.07) is 19.8. The topological polar surface area (TPSA) is 78.8 Å². The number of rotatable bonds is 7. The molecule has 0 spiro atoms. The third kappa shape index (κ3) is 5.62. The lowest BCUT2D eigenvalue weighted by Crippen LogP contribution is -2.40. The van der Waals surface area contributed by atoms with Gasteiger partial charge in [-0.05, 0) is 62.6 Å². The van der Waals surface area contributed by atoms with E-state index in [2.05, 4.69) is 10.5 Å². The Morgan fingerprint density at radius 3 is 2.25 bits per heavy atom. The molecule has 0 aliphatic heterocycles. The van der Waals surface area contributed by atoms with Crippen LogP contribution in [-0.2, 0) is 14.8 Å². The van der Waals surface area contributed by atoms with Crippen molar-refractivity contribution in [1.82, 2.24) is 5.43 Å². The third-order valence-electron chi connectivity index (χ3n) is 4.97. The molecule has 0 aliphatic rings. The number of nitrogens with zero attached hydrogens (tertiary/aromatic N) is 2. The first-order chi connectivity index (χ1) is 15.2. The summed E-state index contributed by atoms with van der Waals surface area (Å²) in [5, 5.41) is 3.99. The average Bonchev–Trinajstić information content (AvgIpc) is 2.74. The minimum absolute atomic E-state index is 0.125. The molecule has 3 aromatic rings. The summed E-state index contributed by atoms with van der Waals surface area (Å²) in [5.74, 6) is -0.537. The molecule has 0 heterocycles. The summed E-state index contributed by atoms with van der Waals surface area (Å²) in [6.45, 7) is 7.16. The number of sulfonamides is 1. The number of amides is 1. The Kier molecular flexibility index (Phi) is 7.10. The van der Waals surface area contributed by atoms with E-state index in [0.717, 1.165) is 32.1 Å². The zero-order valence-electron chi connectivity index (χ0n) is 18.7. The molecule has 0 atom stereocenters. The highest BCUT2D eigenvalue weighted by Crippen LogP contribution is 2.28. The van der Waals surface area contributed by atoms with E-state index in [1.165, 1.54) is 6.21 Å². The average molecular weight is 450 g/mol. The molecule has 166 valence electrons. The van der Waals surface area contributed by atoms with E-state index in [-0.39, 0.29) is 4.90 Å². The van der Waals surface area contributed by atoms with Crippen molar-refractivity contribution in [3.63, 3.8) is 0 Å². The molecule has 32 heavy (non-hydrogen) atoms. The molecule has 3 rings (SSSR count). The molecular weight excluding hydrogens is 422 g/mol. The van der Waals surface area contributed by atoms with Gasteiger partial charge in [0, 0.05) is 0 Å². The Morgan fingerprint density at radius 1 is 0.906 bits per heavy atom. The second kappa shape index (κ2) is 9.78. The van der Waals surface area contributed by atoms with Crippen molar-refractivity contribution in [2.75, 3.05) is 10.8 Å². The monoisotopic (exact) mass is 449 g/mol. The largest absolute Gasteiger partial charge is 0.271 e. The number of nitrogens with one attached hydrogen (secondary N) is 1. The van der Waals surface area contributed by atoms with Crippen LogP contribution in [0.25, 0.3) is 0 Å². The first kappa shape index (κ1) is 23.2. The molecule has 0 aliphatic carbocycles. The molecule has 0 saturated heterocycles. The van der Waals surface area contributed by atoms with Crippen LogP contribution in [-0.4, -0.2) is 27.1 Å². The lowest BCUT2D eigenvalue weighted by Gasteiger charge is -2.25. The van der Waals surface area contributed by atoms with Crippen molar-refractivity contribution >= 4 is 27.8 Å². The SMILES string of the molecule is Cc1ccc(S(=O)(=O)N(CC(=O)N/N=C\c2cccc(C)c2)c2cc(C)ccc2C)cc1. The molecule has 0 unspecified atom stereocenters. The summed E-state index contributed by atoms with van der Waals surface area (Å²) in [4.78, 5) is 12.8. The molecule has 1 N–H and O–H groups in total. The molecular formula is C25H27N3O3S. The van der Waals surface area contributed by atoms with E-state index in [0.29, 0.717) is 5.69 Å². The first-order valence-corrected chi connectivity index (χ1v) is 11.7. The van der Waals surface area contributed by atoms with Crippen molar-refractivity contribution < 1.29 is 13.2 Å². The van der Waals surface area contributed by atoms with E-state index in [1.807, 2.05) is 64.1 Å². The Hall–Kier alpha value is -3.45. The predicted molar refractivity (Wildman–Crippen MR) is 129 cm³/mol. The van der Waals surface area contributed by atoms with Crippen molar-refractivity contribution in [2.45, 2.75) is 32.6 Å². The van der Waals surface area contributed by atoms with E-state index in [4.69, 9.17) is 0 Å². The number of carbonyl (C=O) groups is 1. The Morgan fingerprint density at radius 2 is 1.56 bits per heavy atom. The van der Waals surface area contributed by atoms with Crippen molar-refractivity contribution in [3.05, 3.63) is 94.5 Å². The fourth-order valence-corrected chi connectivity index (χ4v) is 4.70. The van der Waals surface area contributed by atoms with Crippen molar-refractivity contribution in [3.8, 4) is 0 Å². The first-order valence-electron chi connectivity index (χ1n) is 10.2. The van der Waals surface area contributed by atoms with Crippen LogP contribution in [0.15, 0.2) is 76.7 Å². The van der Waals surface area contributed by atoms with Crippen LogP contribution in [0.4, 0.5) is 5.69 Å². The molecule has 1 amide bonds. The van der Waals surface area contributed by atoms with Gasteiger partial charge in [-0.25, -0.2) is 13.8 Å². The Balaban J connectivity index is 1.89. The van der Waals surface area contributed by atoms with Gasteiger partial charge >= 0.3 is 0 Å². The normalized spacial score (nSPS) is 11.5. The van der Waals surface area contributed by atoms with Crippen molar-refractivity contribution in [1.29, 1.82) is 0 Å². The number of hydrazone groups is 1. The van der Waals surface area contributed by atoms with E-state index in [9.17, 15) is 13.2 Å². The minimum Gasteiger partial charge on any atom is -0.271 e. The zero-order chi connectivity index (χ0) is 23.3. The van der Waals surface area contributed by atoms with Gasteiger partial charge in [0.05, 0.1) is 16.8 Å². The highest BCUT2D eigenvalue weighted by molar-refractivity contribution is 7.92. The Labute approximate surface area is 189 Å². The third-order valence-corrected chi connectivity index (χ3v) is 6.75. The van der Waals surface area contributed by atoms with Gasteiger partial charge in [-0.3, -0.25) is 9.10 Å². The molecule has 7 heteroatoms. The van der Waals surface area contributed by atoms with Gasteiger partial charge < -0.3 is 0 Å². The molecule has 6 nitrogen and oxygen atoms in total. The van der Waals surface area contributed by atoms with Gasteiger partial charge in [0.2, 0.25) is 0 Å². The van der Waals surface area contributed by atoms with Crippen LogP contribution >= 0.6 is 0 Å². The van der Waals surface area contributed by atoms with E-state index < -0.39 is 22.5 Å². The quantitative estimate of drug-likeness (QED) is 0.432. The Bertz CT molecular complexity index is 1250. The molecule has 3 aromatic carbocycles. The fraction of sp³-hybridized carbons (Fsp3) is 0.200. The number of carbonyl (C=O) groups excluding carboxylic acids is 1. The summed E-state index contributed by atoms with van der Waals surface area (Å²) in [7, 11) is -3.97. The second-order valence-corrected chi connectivity index (χ2v) is 9.68. The van der Waals surface area contributed by atoms with Gasteiger partial charge in [0.25, 0.3) is 15.9 Å². The lowest BCUT2D eigenvalue weighted by atomic mass is 10.1. The minimum atomic E-state index is -3.97. The maximum atomic E-state index is 13.5. The smallest absolute Gasteiger partial charge is 0.264 e. The highest BCUT2D eigenvalue weighted by Gasteiger charge is 2.28. The van der Waals surface area contributed by atoms with Gasteiger partial charge in [0.1, 0.15) is 6.54 Å². The highest BCUT2D eigenvalue weighted by atomic mass is 32.2. The van der Waals surface area contributed by atoms with Crippen molar-refractivity contribution in [2.24, 2.45) is 5.10 Å². The number of aryl methyl sites for hydroxylation is 4. The molecule has 0 radical (unpaired) electrons. The maximum absolute atomic E-state index is 13.5. The van der Waals surface area contributed by atoms with Crippen LogP contribution in [0.5, 0.6) is 0 Å². The van der Waals surface area contributed by atoms with Crippen LogP contribution < -0.4 is 9.73 Å². The fourth-order valence-electron chi connectivity index (χ4n) is 3.22. The van der Waals surface area contributed by atoms with Crippen LogP contribution in [0.2, 0.25) is 0 Å². The van der Waals surface area contributed by atoms with E-state index in [1.54, 1.807) is 30.3 Å². The van der Waals surface area contributed by atoms with Gasteiger partial charge in [-0.2, -0.15) is 5.10 Å². The van der Waals surface area contributed by atoms with E-state index >= 15 is 0 Å². The van der Waals surface area contributed by atoms with Crippen LogP contribution in [0, 0.1) is 27.7 Å². The maximum Gasteiger partial charge on any atom is 0.264 e. The zero-order valence-corrected chi connectivity index (χ0v) is 19.5.